The Morgan fingerprint density at radius 3 is 2.58 bits per heavy atom. The number of rotatable bonds is 7. The summed E-state index contributed by atoms with van der Waals surface area (Å²) in [6.45, 7) is 6.12. The van der Waals surface area contributed by atoms with Crippen LogP contribution in [0.2, 0.25) is 0 Å². The Morgan fingerprint density at radius 1 is 0.972 bits per heavy atom. The fourth-order valence-corrected chi connectivity index (χ4v) is 5.79. The van der Waals surface area contributed by atoms with Crippen molar-refractivity contribution in [3.05, 3.63) is 65.2 Å². The van der Waals surface area contributed by atoms with E-state index in [0.29, 0.717) is 48.9 Å². The third kappa shape index (κ3) is 5.03. The SMILES string of the molecule is C[C@@H]1CCCCN1CCCNC(=O)c1ccc(CN2C(=O)[C@@H]3CCCN3C(=O)c3ccccc32)cc1. The van der Waals surface area contributed by atoms with E-state index in [9.17, 15) is 14.4 Å². The topological polar surface area (TPSA) is 73.0 Å². The van der Waals surface area contributed by atoms with E-state index in [-0.39, 0.29) is 17.7 Å². The Kier molecular flexibility index (Phi) is 7.37. The second-order valence-corrected chi connectivity index (χ2v) is 10.3. The van der Waals surface area contributed by atoms with Gasteiger partial charge in [-0.1, -0.05) is 30.7 Å². The molecule has 190 valence electrons. The molecular formula is C29H36N4O3. The van der Waals surface area contributed by atoms with Crippen LogP contribution in [0.1, 0.15) is 71.7 Å². The van der Waals surface area contributed by atoms with E-state index in [2.05, 4.69) is 17.1 Å². The molecule has 7 heteroatoms. The quantitative estimate of drug-likeness (QED) is 0.602. The summed E-state index contributed by atoms with van der Waals surface area (Å²) in [6, 6.07) is 15.0. The highest BCUT2D eigenvalue weighted by molar-refractivity contribution is 6.11. The molecule has 0 spiro atoms. The Labute approximate surface area is 213 Å². The average Bonchev–Trinajstić information content (AvgIpc) is 3.38. The molecule has 1 N–H and O–H groups in total. The smallest absolute Gasteiger partial charge is 0.256 e. The summed E-state index contributed by atoms with van der Waals surface area (Å²) in [5.74, 6) is -0.169. The number of hydrogen-bond acceptors (Lipinski definition) is 4. The van der Waals surface area contributed by atoms with Crippen molar-refractivity contribution in [2.75, 3.05) is 31.1 Å². The number of carbonyl (C=O) groups is 3. The third-order valence-corrected chi connectivity index (χ3v) is 7.90. The van der Waals surface area contributed by atoms with Crippen LogP contribution >= 0.6 is 0 Å². The molecule has 5 rings (SSSR count). The number of anilines is 1. The van der Waals surface area contributed by atoms with Gasteiger partial charge in [-0.3, -0.25) is 14.4 Å². The van der Waals surface area contributed by atoms with E-state index in [0.717, 1.165) is 31.5 Å². The maximum Gasteiger partial charge on any atom is 0.256 e. The maximum atomic E-state index is 13.5. The molecule has 3 aliphatic rings. The van der Waals surface area contributed by atoms with Gasteiger partial charge in [0.25, 0.3) is 11.8 Å². The molecule has 0 aliphatic carbocycles. The molecule has 7 nitrogen and oxygen atoms in total. The molecule has 0 saturated carbocycles. The molecule has 3 aliphatic heterocycles. The van der Waals surface area contributed by atoms with Crippen LogP contribution in [0.4, 0.5) is 5.69 Å². The summed E-state index contributed by atoms with van der Waals surface area (Å²) in [5.41, 5.74) is 2.77. The predicted octanol–water partition coefficient (Wildman–Crippen LogP) is 3.83. The van der Waals surface area contributed by atoms with Gasteiger partial charge in [-0.15, -0.1) is 0 Å². The zero-order valence-corrected chi connectivity index (χ0v) is 21.1. The van der Waals surface area contributed by atoms with Crippen molar-refractivity contribution in [1.29, 1.82) is 0 Å². The molecule has 2 aromatic rings. The number of amides is 3. The van der Waals surface area contributed by atoms with Crippen LogP contribution in [-0.4, -0.2) is 65.8 Å². The molecule has 2 saturated heterocycles. The molecule has 3 heterocycles. The van der Waals surface area contributed by atoms with Crippen molar-refractivity contribution in [3.63, 3.8) is 0 Å². The lowest BCUT2D eigenvalue weighted by Crippen LogP contribution is -2.44. The molecule has 2 atom stereocenters. The van der Waals surface area contributed by atoms with E-state index in [4.69, 9.17) is 0 Å². The third-order valence-electron chi connectivity index (χ3n) is 7.90. The molecule has 2 fully saturated rings. The first-order valence-electron chi connectivity index (χ1n) is 13.4. The molecule has 0 aromatic heterocycles. The van der Waals surface area contributed by atoms with E-state index in [1.54, 1.807) is 15.9 Å². The Bertz CT molecular complexity index is 1120. The van der Waals surface area contributed by atoms with Crippen molar-refractivity contribution in [1.82, 2.24) is 15.1 Å². The monoisotopic (exact) mass is 488 g/mol. The summed E-state index contributed by atoms with van der Waals surface area (Å²) in [7, 11) is 0. The number of nitrogens with zero attached hydrogens (tertiary/aromatic N) is 3. The average molecular weight is 489 g/mol. The van der Waals surface area contributed by atoms with Gasteiger partial charge in [0, 0.05) is 31.2 Å². The van der Waals surface area contributed by atoms with Crippen LogP contribution in [0.3, 0.4) is 0 Å². The number of piperidine rings is 1. The fourth-order valence-electron chi connectivity index (χ4n) is 5.79. The van der Waals surface area contributed by atoms with Gasteiger partial charge in [-0.25, -0.2) is 0 Å². The lowest BCUT2D eigenvalue weighted by Gasteiger charge is -2.33. The van der Waals surface area contributed by atoms with Gasteiger partial charge in [-0.2, -0.15) is 0 Å². The molecule has 36 heavy (non-hydrogen) atoms. The number of benzene rings is 2. The first kappa shape index (κ1) is 24.5. The van der Waals surface area contributed by atoms with Crippen molar-refractivity contribution in [3.8, 4) is 0 Å². The first-order valence-corrected chi connectivity index (χ1v) is 13.4. The van der Waals surface area contributed by atoms with E-state index >= 15 is 0 Å². The Morgan fingerprint density at radius 2 is 1.78 bits per heavy atom. The standard InChI is InChI=1S/C29H36N4O3/c1-21-8-4-5-17-31(21)18-7-16-30-27(34)23-14-12-22(13-15-23)20-33-25-10-3-2-9-24(25)28(35)32-19-6-11-26(32)29(33)36/h2-3,9-10,12-15,21,26H,4-8,11,16-20H2,1H3,(H,30,34)/t21-,26+/m1/s1. The lowest BCUT2D eigenvalue weighted by molar-refractivity contribution is -0.122. The number of carbonyl (C=O) groups excluding carboxylic acids is 3. The zero-order valence-electron chi connectivity index (χ0n) is 21.1. The maximum absolute atomic E-state index is 13.5. The summed E-state index contributed by atoms with van der Waals surface area (Å²) >= 11 is 0. The first-order chi connectivity index (χ1) is 17.5. The highest BCUT2D eigenvalue weighted by Gasteiger charge is 2.41. The van der Waals surface area contributed by atoms with Gasteiger partial charge in [0.05, 0.1) is 17.8 Å². The Hall–Kier alpha value is -3.19. The van der Waals surface area contributed by atoms with Gasteiger partial charge in [0.15, 0.2) is 0 Å². The fraction of sp³-hybridized carbons (Fsp3) is 0.483. The minimum Gasteiger partial charge on any atom is -0.352 e. The molecular weight excluding hydrogens is 452 g/mol. The van der Waals surface area contributed by atoms with Crippen molar-refractivity contribution in [2.24, 2.45) is 0 Å². The van der Waals surface area contributed by atoms with Gasteiger partial charge in [0.1, 0.15) is 6.04 Å². The molecule has 0 bridgehead atoms. The van der Waals surface area contributed by atoms with Gasteiger partial charge in [0.2, 0.25) is 5.91 Å². The van der Waals surface area contributed by atoms with Crippen LogP contribution in [-0.2, 0) is 11.3 Å². The molecule has 2 aromatic carbocycles. The summed E-state index contributed by atoms with van der Waals surface area (Å²) in [6.07, 6.45) is 6.35. The highest BCUT2D eigenvalue weighted by Crippen LogP contribution is 2.33. The Balaban J connectivity index is 1.21. The van der Waals surface area contributed by atoms with Gasteiger partial charge < -0.3 is 20.0 Å². The number of nitrogens with one attached hydrogen (secondary N) is 1. The van der Waals surface area contributed by atoms with Gasteiger partial charge >= 0.3 is 0 Å². The lowest BCUT2D eigenvalue weighted by atomic mass is 10.0. The van der Waals surface area contributed by atoms with E-state index in [1.165, 1.54) is 19.3 Å². The molecule has 3 amide bonds. The molecule has 0 radical (unpaired) electrons. The number of hydrogen-bond donors (Lipinski definition) is 1. The second-order valence-electron chi connectivity index (χ2n) is 10.3. The van der Waals surface area contributed by atoms with Crippen molar-refractivity contribution < 1.29 is 14.4 Å². The molecule has 0 unspecified atom stereocenters. The number of likely N-dealkylation sites (tertiary alicyclic amines) is 1. The number of para-hydroxylation sites is 1. The van der Waals surface area contributed by atoms with E-state index < -0.39 is 6.04 Å². The zero-order chi connectivity index (χ0) is 25.1. The van der Waals surface area contributed by atoms with Crippen LogP contribution in [0.25, 0.3) is 0 Å². The van der Waals surface area contributed by atoms with Crippen LogP contribution in [0, 0.1) is 0 Å². The minimum atomic E-state index is -0.400. The predicted molar refractivity (Wildman–Crippen MR) is 140 cm³/mol. The summed E-state index contributed by atoms with van der Waals surface area (Å²) in [4.78, 5) is 45.2. The highest BCUT2D eigenvalue weighted by atomic mass is 16.2. The van der Waals surface area contributed by atoms with Crippen molar-refractivity contribution >= 4 is 23.4 Å². The van der Waals surface area contributed by atoms with Crippen LogP contribution in [0.15, 0.2) is 48.5 Å². The van der Waals surface area contributed by atoms with Crippen LogP contribution in [0.5, 0.6) is 0 Å². The summed E-state index contributed by atoms with van der Waals surface area (Å²) < 4.78 is 0. The largest absolute Gasteiger partial charge is 0.352 e. The van der Waals surface area contributed by atoms with Crippen LogP contribution < -0.4 is 10.2 Å². The van der Waals surface area contributed by atoms with Crippen molar-refractivity contribution in [2.45, 2.75) is 64.1 Å². The van der Waals surface area contributed by atoms with Gasteiger partial charge in [-0.05, 0) is 75.4 Å². The normalized spacial score (nSPS) is 22.2. The van der Waals surface area contributed by atoms with E-state index in [1.807, 2.05) is 42.5 Å². The summed E-state index contributed by atoms with van der Waals surface area (Å²) in [5, 5.41) is 3.04. The second kappa shape index (κ2) is 10.8. The number of fused-ring (bicyclic) bond motifs is 2. The minimum absolute atomic E-state index is 0.0318.